The van der Waals surface area contributed by atoms with Crippen molar-refractivity contribution in [2.24, 2.45) is 0 Å². The van der Waals surface area contributed by atoms with Crippen LogP contribution in [0.2, 0.25) is 0 Å². The molecule has 33 heavy (non-hydrogen) atoms. The number of benzene rings is 4. The van der Waals surface area contributed by atoms with Crippen LogP contribution in [0.15, 0.2) is 75.6 Å². The lowest BCUT2D eigenvalue weighted by Gasteiger charge is -2.32. The van der Waals surface area contributed by atoms with Gasteiger partial charge in [-0.3, -0.25) is 0 Å². The van der Waals surface area contributed by atoms with Gasteiger partial charge in [0.05, 0.1) is 16.6 Å². The number of rotatable bonds is 1. The largest absolute Gasteiger partial charge is 0.494 e. The molecule has 0 unspecified atom stereocenters. The highest BCUT2D eigenvalue weighted by Gasteiger charge is 2.51. The second-order valence-electron chi connectivity index (χ2n) is 10.00. The summed E-state index contributed by atoms with van der Waals surface area (Å²) in [7, 11) is -0.435. The fraction of sp³-hybridized carbons (Fsp3) is 0.214. The molecule has 0 atom stereocenters. The molecule has 162 valence electrons. The summed E-state index contributed by atoms with van der Waals surface area (Å²) in [5.41, 5.74) is 3.56. The van der Waals surface area contributed by atoms with Gasteiger partial charge in [0, 0.05) is 21.5 Å². The Labute approximate surface area is 191 Å². The molecule has 1 saturated heterocycles. The molecule has 4 aromatic carbocycles. The molecule has 4 nitrogen and oxygen atoms in total. The van der Waals surface area contributed by atoms with Crippen molar-refractivity contribution in [3.63, 3.8) is 0 Å². The van der Waals surface area contributed by atoms with Gasteiger partial charge in [0.1, 0.15) is 22.3 Å². The number of hydrogen-bond acceptors (Lipinski definition) is 4. The van der Waals surface area contributed by atoms with Crippen molar-refractivity contribution in [2.45, 2.75) is 38.9 Å². The SMILES string of the molecule is CC1(C)OB(c2ccc3c(c2)oc2c4ccccc4c4c5ccccc5oc4c32)OC1(C)C. The highest BCUT2D eigenvalue weighted by Crippen LogP contribution is 2.44. The topological polar surface area (TPSA) is 44.7 Å². The molecule has 5 heteroatoms. The quantitative estimate of drug-likeness (QED) is 0.263. The van der Waals surface area contributed by atoms with Gasteiger partial charge in [-0.1, -0.05) is 54.6 Å². The summed E-state index contributed by atoms with van der Waals surface area (Å²) in [6.07, 6.45) is 0. The summed E-state index contributed by atoms with van der Waals surface area (Å²) in [5.74, 6) is 0. The van der Waals surface area contributed by atoms with Crippen molar-refractivity contribution >= 4 is 67.2 Å². The first-order chi connectivity index (χ1) is 15.8. The first kappa shape index (κ1) is 19.2. The molecule has 1 fully saturated rings. The van der Waals surface area contributed by atoms with Crippen molar-refractivity contribution in [1.82, 2.24) is 0 Å². The van der Waals surface area contributed by atoms with Crippen LogP contribution in [-0.4, -0.2) is 18.3 Å². The van der Waals surface area contributed by atoms with Crippen LogP contribution >= 0.6 is 0 Å². The van der Waals surface area contributed by atoms with Crippen molar-refractivity contribution in [2.75, 3.05) is 0 Å². The molecule has 1 aliphatic rings. The van der Waals surface area contributed by atoms with Crippen LogP contribution in [0.25, 0.3) is 54.6 Å². The zero-order valence-corrected chi connectivity index (χ0v) is 19.1. The van der Waals surface area contributed by atoms with Gasteiger partial charge in [-0.2, -0.15) is 0 Å². The fourth-order valence-electron chi connectivity index (χ4n) is 5.04. The van der Waals surface area contributed by atoms with E-state index in [0.717, 1.165) is 60.1 Å². The maximum atomic E-state index is 6.50. The van der Waals surface area contributed by atoms with E-state index in [2.05, 4.69) is 76.2 Å². The van der Waals surface area contributed by atoms with E-state index in [1.807, 2.05) is 18.2 Å². The molecule has 0 radical (unpaired) electrons. The second-order valence-corrected chi connectivity index (χ2v) is 10.00. The van der Waals surface area contributed by atoms with Gasteiger partial charge < -0.3 is 18.1 Å². The molecule has 0 spiro atoms. The van der Waals surface area contributed by atoms with Gasteiger partial charge in [-0.25, -0.2) is 0 Å². The van der Waals surface area contributed by atoms with E-state index >= 15 is 0 Å². The summed E-state index contributed by atoms with van der Waals surface area (Å²) >= 11 is 0. The molecule has 0 aliphatic carbocycles. The second kappa shape index (κ2) is 6.19. The smallest absolute Gasteiger partial charge is 0.455 e. The van der Waals surface area contributed by atoms with E-state index in [0.29, 0.717) is 0 Å². The minimum atomic E-state index is -0.435. The molecular formula is C28H23BO4. The van der Waals surface area contributed by atoms with E-state index in [4.69, 9.17) is 18.1 Å². The van der Waals surface area contributed by atoms with Crippen LogP contribution in [-0.2, 0) is 9.31 Å². The highest BCUT2D eigenvalue weighted by atomic mass is 16.7. The Bertz CT molecular complexity index is 1720. The van der Waals surface area contributed by atoms with E-state index in [1.165, 1.54) is 0 Å². The number of para-hydroxylation sites is 1. The predicted molar refractivity (Wildman–Crippen MR) is 134 cm³/mol. The highest BCUT2D eigenvalue weighted by molar-refractivity contribution is 6.62. The fourth-order valence-corrected chi connectivity index (χ4v) is 5.04. The summed E-state index contributed by atoms with van der Waals surface area (Å²) in [6.45, 7) is 8.27. The first-order valence-corrected chi connectivity index (χ1v) is 11.4. The average Bonchev–Trinajstić information content (AvgIpc) is 3.42. The third kappa shape index (κ3) is 2.49. The van der Waals surface area contributed by atoms with Crippen LogP contribution in [0.3, 0.4) is 0 Å². The summed E-state index contributed by atoms with van der Waals surface area (Å²) in [4.78, 5) is 0. The minimum absolute atomic E-state index is 0.392. The van der Waals surface area contributed by atoms with Crippen molar-refractivity contribution in [1.29, 1.82) is 0 Å². The molecule has 0 N–H and O–H groups in total. The Morgan fingerprint density at radius 2 is 1.18 bits per heavy atom. The summed E-state index contributed by atoms with van der Waals surface area (Å²) in [5, 5.41) is 6.51. The Kier molecular flexibility index (Phi) is 3.60. The summed E-state index contributed by atoms with van der Waals surface area (Å²) in [6, 6.07) is 22.8. The zero-order valence-electron chi connectivity index (χ0n) is 19.1. The standard InChI is InChI=1S/C28H23BO4/c1-27(2)28(3,4)33-29(32-27)16-13-14-20-22(15-16)31-25-18-10-6-5-9-17(18)23-19-11-7-8-12-21(19)30-26(23)24(20)25/h5-15H,1-4H3. The van der Waals surface area contributed by atoms with Crippen LogP contribution in [0, 0.1) is 0 Å². The van der Waals surface area contributed by atoms with Gasteiger partial charge >= 0.3 is 7.12 Å². The molecular weight excluding hydrogens is 411 g/mol. The van der Waals surface area contributed by atoms with Gasteiger partial charge in [-0.05, 0) is 50.7 Å². The van der Waals surface area contributed by atoms with E-state index in [1.54, 1.807) is 0 Å². The number of hydrogen-bond donors (Lipinski definition) is 0. The summed E-state index contributed by atoms with van der Waals surface area (Å²) < 4.78 is 25.5. The molecule has 2 aromatic heterocycles. The Morgan fingerprint density at radius 3 is 1.94 bits per heavy atom. The molecule has 3 heterocycles. The molecule has 0 bridgehead atoms. The lowest BCUT2D eigenvalue weighted by Crippen LogP contribution is -2.41. The molecule has 0 amide bonds. The van der Waals surface area contributed by atoms with Gasteiger partial charge in [-0.15, -0.1) is 0 Å². The van der Waals surface area contributed by atoms with Crippen LogP contribution in [0.1, 0.15) is 27.7 Å². The number of furan rings is 2. The van der Waals surface area contributed by atoms with E-state index in [9.17, 15) is 0 Å². The van der Waals surface area contributed by atoms with Crippen LogP contribution < -0.4 is 5.46 Å². The lowest BCUT2D eigenvalue weighted by atomic mass is 9.79. The average molecular weight is 434 g/mol. The van der Waals surface area contributed by atoms with Crippen LogP contribution in [0.4, 0.5) is 0 Å². The molecule has 1 aliphatic heterocycles. The van der Waals surface area contributed by atoms with E-state index in [-0.39, 0.29) is 0 Å². The maximum absolute atomic E-state index is 6.50. The lowest BCUT2D eigenvalue weighted by molar-refractivity contribution is 0.00578. The van der Waals surface area contributed by atoms with Gasteiger partial charge in [0.15, 0.2) is 0 Å². The molecule has 7 rings (SSSR count). The first-order valence-electron chi connectivity index (χ1n) is 11.4. The van der Waals surface area contributed by atoms with Gasteiger partial charge in [0.25, 0.3) is 0 Å². The maximum Gasteiger partial charge on any atom is 0.494 e. The van der Waals surface area contributed by atoms with E-state index < -0.39 is 18.3 Å². The minimum Gasteiger partial charge on any atom is -0.455 e. The Morgan fingerprint density at radius 1 is 0.576 bits per heavy atom. The van der Waals surface area contributed by atoms with Crippen molar-refractivity contribution < 1.29 is 18.1 Å². The molecule has 6 aromatic rings. The van der Waals surface area contributed by atoms with Crippen molar-refractivity contribution in [3.05, 3.63) is 66.7 Å². The van der Waals surface area contributed by atoms with Crippen LogP contribution in [0.5, 0.6) is 0 Å². The zero-order chi connectivity index (χ0) is 22.5. The monoisotopic (exact) mass is 434 g/mol. The third-order valence-electron chi connectivity index (χ3n) is 7.50. The van der Waals surface area contributed by atoms with Gasteiger partial charge in [0.2, 0.25) is 0 Å². The Hall–Kier alpha value is -3.28. The van der Waals surface area contributed by atoms with Crippen molar-refractivity contribution in [3.8, 4) is 0 Å². The third-order valence-corrected chi connectivity index (χ3v) is 7.50. The molecule has 0 saturated carbocycles. The number of fused-ring (bicyclic) bond motifs is 10. The predicted octanol–water partition coefficient (Wildman–Crippen LogP) is 6.94. The normalized spacial score (nSPS) is 17.9. The Balaban J connectivity index is 1.55.